The number of rotatable bonds is 6. The first-order valence-electron chi connectivity index (χ1n) is 8.76. The molecule has 1 saturated heterocycles. The van der Waals surface area contributed by atoms with Gasteiger partial charge in [0.1, 0.15) is 11.5 Å². The standard InChI is InChI=1S/C18H28N2O5S/c1-13(2)12-26(22,23)15-6-5-9-20(11-15)18(21)19-16-8-7-14(24-3)10-17(16)25-4/h7-8,10,13,15H,5-6,9,11-12H2,1-4H3,(H,19,21)/t15-/m0/s1. The molecule has 2 amide bonds. The normalized spacial score (nSPS) is 17.9. The zero-order chi connectivity index (χ0) is 19.3. The summed E-state index contributed by atoms with van der Waals surface area (Å²) in [5.74, 6) is 1.34. The van der Waals surface area contributed by atoms with Gasteiger partial charge in [0.25, 0.3) is 0 Å². The van der Waals surface area contributed by atoms with Crippen molar-refractivity contribution in [2.45, 2.75) is 31.9 Å². The molecule has 0 bridgehead atoms. The number of urea groups is 1. The predicted octanol–water partition coefficient (Wildman–Crippen LogP) is 2.77. The van der Waals surface area contributed by atoms with Crippen molar-refractivity contribution in [3.8, 4) is 11.5 Å². The van der Waals surface area contributed by atoms with Gasteiger partial charge in [0.2, 0.25) is 0 Å². The van der Waals surface area contributed by atoms with Gasteiger partial charge in [-0.15, -0.1) is 0 Å². The maximum Gasteiger partial charge on any atom is 0.321 e. The molecule has 26 heavy (non-hydrogen) atoms. The van der Waals surface area contributed by atoms with Crippen LogP contribution >= 0.6 is 0 Å². The van der Waals surface area contributed by atoms with E-state index in [2.05, 4.69) is 5.32 Å². The van der Waals surface area contributed by atoms with Crippen molar-refractivity contribution in [2.75, 3.05) is 38.4 Å². The number of amides is 2. The summed E-state index contributed by atoms with van der Waals surface area (Å²) in [4.78, 5) is 14.2. The van der Waals surface area contributed by atoms with Gasteiger partial charge in [-0.3, -0.25) is 0 Å². The van der Waals surface area contributed by atoms with Crippen molar-refractivity contribution in [1.82, 2.24) is 4.90 Å². The lowest BCUT2D eigenvalue weighted by Gasteiger charge is -2.33. The van der Waals surface area contributed by atoms with E-state index < -0.39 is 15.1 Å². The molecular formula is C18H28N2O5S. The van der Waals surface area contributed by atoms with Crippen molar-refractivity contribution in [3.63, 3.8) is 0 Å². The summed E-state index contributed by atoms with van der Waals surface area (Å²) in [7, 11) is -0.139. The summed E-state index contributed by atoms with van der Waals surface area (Å²) in [6.07, 6.45) is 1.28. The third-order valence-corrected chi connectivity index (χ3v) is 6.92. The van der Waals surface area contributed by atoms with Crippen LogP contribution in [0.1, 0.15) is 26.7 Å². The molecule has 0 saturated carbocycles. The van der Waals surface area contributed by atoms with Crippen LogP contribution in [-0.2, 0) is 9.84 Å². The highest BCUT2D eigenvalue weighted by atomic mass is 32.2. The second-order valence-corrected chi connectivity index (χ2v) is 9.26. The van der Waals surface area contributed by atoms with E-state index in [1.807, 2.05) is 13.8 Å². The number of anilines is 1. The maximum atomic E-state index is 12.6. The van der Waals surface area contributed by atoms with Gasteiger partial charge < -0.3 is 19.7 Å². The number of hydrogen-bond donors (Lipinski definition) is 1. The fraction of sp³-hybridized carbons (Fsp3) is 0.611. The Morgan fingerprint density at radius 3 is 2.65 bits per heavy atom. The van der Waals surface area contributed by atoms with Crippen LogP contribution in [-0.4, -0.2) is 57.7 Å². The minimum atomic E-state index is -3.21. The molecule has 1 atom stereocenters. The average Bonchev–Trinajstić information content (AvgIpc) is 2.61. The monoisotopic (exact) mass is 384 g/mol. The number of carbonyl (C=O) groups is 1. The minimum absolute atomic E-state index is 0.0766. The topological polar surface area (TPSA) is 84.9 Å². The molecule has 1 heterocycles. The highest BCUT2D eigenvalue weighted by molar-refractivity contribution is 7.92. The van der Waals surface area contributed by atoms with Gasteiger partial charge >= 0.3 is 6.03 Å². The Morgan fingerprint density at radius 1 is 1.31 bits per heavy atom. The molecule has 0 aromatic heterocycles. The number of piperidine rings is 1. The van der Waals surface area contributed by atoms with Gasteiger partial charge in [-0.25, -0.2) is 13.2 Å². The van der Waals surface area contributed by atoms with Crippen molar-refractivity contribution < 1.29 is 22.7 Å². The molecule has 8 heteroatoms. The summed E-state index contributed by atoms with van der Waals surface area (Å²) in [5.41, 5.74) is 0.519. The van der Waals surface area contributed by atoms with E-state index in [1.54, 1.807) is 30.2 Å². The molecule has 2 rings (SSSR count). The summed E-state index contributed by atoms with van der Waals surface area (Å²) in [5, 5.41) is 2.31. The second kappa shape index (κ2) is 8.62. The van der Waals surface area contributed by atoms with E-state index in [4.69, 9.17) is 9.47 Å². The summed E-state index contributed by atoms with van der Waals surface area (Å²) < 4.78 is 35.4. The van der Waals surface area contributed by atoms with Crippen molar-refractivity contribution >= 4 is 21.6 Å². The second-order valence-electron chi connectivity index (χ2n) is 6.93. The van der Waals surface area contributed by atoms with Crippen LogP contribution in [0, 0.1) is 5.92 Å². The van der Waals surface area contributed by atoms with E-state index >= 15 is 0 Å². The van der Waals surface area contributed by atoms with Crippen LogP contribution in [0.3, 0.4) is 0 Å². The number of likely N-dealkylation sites (tertiary alicyclic amines) is 1. The molecule has 146 valence electrons. The molecule has 1 aromatic rings. The molecule has 0 spiro atoms. The molecule has 0 aliphatic carbocycles. The van der Waals surface area contributed by atoms with Gasteiger partial charge in [-0.05, 0) is 30.9 Å². The molecule has 1 aliphatic rings. The lowest BCUT2D eigenvalue weighted by Crippen LogP contribution is -2.47. The third kappa shape index (κ3) is 5.03. The van der Waals surface area contributed by atoms with Crippen LogP contribution in [0.15, 0.2) is 18.2 Å². The smallest absolute Gasteiger partial charge is 0.321 e. The third-order valence-electron chi connectivity index (χ3n) is 4.39. The van der Waals surface area contributed by atoms with E-state index in [0.29, 0.717) is 36.6 Å². The number of nitrogens with zero attached hydrogens (tertiary/aromatic N) is 1. The highest BCUT2D eigenvalue weighted by Crippen LogP contribution is 2.29. The van der Waals surface area contributed by atoms with Gasteiger partial charge in [0, 0.05) is 19.2 Å². The first-order chi connectivity index (χ1) is 12.3. The van der Waals surface area contributed by atoms with E-state index in [-0.39, 0.29) is 24.2 Å². The first kappa shape index (κ1) is 20.4. The number of nitrogens with one attached hydrogen (secondary N) is 1. The van der Waals surface area contributed by atoms with Crippen LogP contribution in [0.2, 0.25) is 0 Å². The first-order valence-corrected chi connectivity index (χ1v) is 10.5. The molecule has 1 fully saturated rings. The summed E-state index contributed by atoms with van der Waals surface area (Å²) >= 11 is 0. The predicted molar refractivity (Wildman–Crippen MR) is 102 cm³/mol. The Bertz CT molecular complexity index is 733. The fourth-order valence-corrected chi connectivity index (χ4v) is 5.25. The zero-order valence-corrected chi connectivity index (χ0v) is 16.6. The Kier molecular flexibility index (Phi) is 6.75. The van der Waals surface area contributed by atoms with E-state index in [9.17, 15) is 13.2 Å². The number of carbonyl (C=O) groups excluding carboxylic acids is 1. The number of benzene rings is 1. The molecule has 1 N–H and O–H groups in total. The van der Waals surface area contributed by atoms with Gasteiger partial charge in [0.05, 0.1) is 30.9 Å². The van der Waals surface area contributed by atoms with Crippen molar-refractivity contribution in [3.05, 3.63) is 18.2 Å². The largest absolute Gasteiger partial charge is 0.497 e. The van der Waals surface area contributed by atoms with Crippen LogP contribution in [0.4, 0.5) is 10.5 Å². The molecule has 1 aliphatic heterocycles. The van der Waals surface area contributed by atoms with Crippen LogP contribution in [0.25, 0.3) is 0 Å². The summed E-state index contributed by atoms with van der Waals surface area (Å²) in [6, 6.07) is 4.79. The number of methoxy groups -OCH3 is 2. The van der Waals surface area contributed by atoms with Gasteiger partial charge in [-0.2, -0.15) is 0 Å². The number of sulfone groups is 1. The molecule has 0 radical (unpaired) electrons. The molecular weight excluding hydrogens is 356 g/mol. The average molecular weight is 384 g/mol. The SMILES string of the molecule is COc1ccc(NC(=O)N2CCC[C@H](S(=O)(=O)CC(C)C)C2)c(OC)c1. The zero-order valence-electron chi connectivity index (χ0n) is 15.8. The Hall–Kier alpha value is -1.96. The Morgan fingerprint density at radius 2 is 2.04 bits per heavy atom. The van der Waals surface area contributed by atoms with E-state index in [1.165, 1.54) is 7.11 Å². The maximum absolute atomic E-state index is 12.6. The Labute approximate surface area is 155 Å². The Balaban J connectivity index is 2.08. The number of hydrogen-bond acceptors (Lipinski definition) is 5. The van der Waals surface area contributed by atoms with Crippen LogP contribution in [0.5, 0.6) is 11.5 Å². The van der Waals surface area contributed by atoms with Crippen molar-refractivity contribution in [1.29, 1.82) is 0 Å². The minimum Gasteiger partial charge on any atom is -0.497 e. The molecule has 7 nitrogen and oxygen atoms in total. The highest BCUT2D eigenvalue weighted by Gasteiger charge is 2.33. The summed E-state index contributed by atoms with van der Waals surface area (Å²) in [6.45, 7) is 4.54. The molecule has 1 aromatic carbocycles. The van der Waals surface area contributed by atoms with Gasteiger partial charge in [0.15, 0.2) is 9.84 Å². The van der Waals surface area contributed by atoms with E-state index in [0.717, 1.165) is 0 Å². The van der Waals surface area contributed by atoms with Crippen molar-refractivity contribution in [2.24, 2.45) is 5.92 Å². The fourth-order valence-electron chi connectivity index (χ4n) is 3.11. The lowest BCUT2D eigenvalue weighted by molar-refractivity contribution is 0.200. The quantitative estimate of drug-likeness (QED) is 0.815. The molecule has 0 unspecified atom stereocenters. The van der Waals surface area contributed by atoms with Crippen LogP contribution < -0.4 is 14.8 Å². The van der Waals surface area contributed by atoms with Gasteiger partial charge in [-0.1, -0.05) is 13.8 Å². The number of ether oxygens (including phenoxy) is 2. The lowest BCUT2D eigenvalue weighted by atomic mass is 10.1.